The zero-order valence-electron chi connectivity index (χ0n) is 17.0. The molecule has 2 aliphatic rings. The van der Waals surface area contributed by atoms with Gasteiger partial charge in [-0.25, -0.2) is 0 Å². The highest BCUT2D eigenvalue weighted by Gasteiger charge is 2.58. The van der Waals surface area contributed by atoms with Crippen LogP contribution in [-0.2, 0) is 25.5 Å². The zero-order valence-corrected chi connectivity index (χ0v) is 18.6. The molecule has 2 aromatic carbocycles. The number of benzene rings is 2. The van der Waals surface area contributed by atoms with Crippen LogP contribution in [0.3, 0.4) is 0 Å². The molecule has 0 N–H and O–H groups in total. The number of rotatable bonds is 6. The molecule has 3 unspecified atom stereocenters. The maximum Gasteiger partial charge on any atom is 0.181 e. The molecule has 30 heavy (non-hydrogen) atoms. The normalized spacial score (nSPS) is 25.7. The summed E-state index contributed by atoms with van der Waals surface area (Å²) in [5.41, 5.74) is 2.35. The topological polar surface area (TPSA) is 52.6 Å². The third kappa shape index (κ3) is 3.60. The third-order valence-electron chi connectivity index (χ3n) is 6.11. The summed E-state index contributed by atoms with van der Waals surface area (Å²) in [4.78, 5) is 26.8. The highest BCUT2D eigenvalue weighted by Crippen LogP contribution is 2.45. The monoisotopic (exact) mass is 446 g/mol. The van der Waals surface area contributed by atoms with Crippen LogP contribution in [0.2, 0.25) is 10.0 Å². The van der Waals surface area contributed by atoms with Crippen molar-refractivity contribution < 1.29 is 19.1 Å². The minimum absolute atomic E-state index is 0.154. The van der Waals surface area contributed by atoms with Gasteiger partial charge in [-0.1, -0.05) is 48.3 Å². The van der Waals surface area contributed by atoms with Crippen molar-refractivity contribution in [2.24, 2.45) is 0 Å². The molecule has 2 aromatic rings. The van der Waals surface area contributed by atoms with Gasteiger partial charge in [0.25, 0.3) is 0 Å². The van der Waals surface area contributed by atoms with Crippen LogP contribution < -0.4 is 0 Å². The van der Waals surface area contributed by atoms with Crippen LogP contribution in [0.4, 0.5) is 0 Å². The molecule has 2 heterocycles. The SMILES string of the molecule is CCOCC12CCC(O1)C(=O)C(c1cc(-c3ccc(Cl)cc3Cl)ccc1CC)C2=O. The Balaban J connectivity index is 1.80. The molecule has 0 spiro atoms. The number of carbonyl (C=O) groups excluding carboxylic acids is 2. The van der Waals surface area contributed by atoms with E-state index in [1.807, 2.05) is 38.1 Å². The number of aryl methyl sites for hydroxylation is 1. The highest BCUT2D eigenvalue weighted by molar-refractivity contribution is 6.36. The number of halogens is 2. The van der Waals surface area contributed by atoms with Crippen molar-refractivity contribution in [3.05, 3.63) is 57.6 Å². The minimum atomic E-state index is -1.03. The summed E-state index contributed by atoms with van der Waals surface area (Å²) in [6, 6.07) is 11.2. The fourth-order valence-corrected chi connectivity index (χ4v) is 5.05. The standard InChI is InChI=1S/C24H24Cl2O4/c1-3-14-5-6-15(17-8-7-16(25)12-19(17)26)11-18(14)21-22(27)20-9-10-24(30-20,23(21)28)13-29-4-2/h5-8,11-12,20-21H,3-4,9-10,13H2,1-2H3. The van der Waals surface area contributed by atoms with Gasteiger partial charge in [0.2, 0.25) is 0 Å². The van der Waals surface area contributed by atoms with Gasteiger partial charge < -0.3 is 9.47 Å². The van der Waals surface area contributed by atoms with E-state index in [9.17, 15) is 9.59 Å². The first-order valence-corrected chi connectivity index (χ1v) is 11.1. The molecule has 2 aliphatic heterocycles. The Labute approximate surface area is 186 Å². The van der Waals surface area contributed by atoms with Crippen LogP contribution in [0.15, 0.2) is 36.4 Å². The van der Waals surface area contributed by atoms with Crippen LogP contribution in [0, 0.1) is 0 Å². The molecule has 3 atom stereocenters. The van der Waals surface area contributed by atoms with E-state index in [4.69, 9.17) is 32.7 Å². The maximum atomic E-state index is 13.6. The van der Waals surface area contributed by atoms with Crippen LogP contribution in [0.25, 0.3) is 11.1 Å². The van der Waals surface area contributed by atoms with Gasteiger partial charge in [0.05, 0.1) is 6.61 Å². The van der Waals surface area contributed by atoms with Crippen molar-refractivity contribution in [2.75, 3.05) is 13.2 Å². The largest absolute Gasteiger partial charge is 0.378 e. The van der Waals surface area contributed by atoms with Gasteiger partial charge in [0, 0.05) is 22.2 Å². The second-order valence-electron chi connectivity index (χ2n) is 7.87. The number of ether oxygens (including phenoxy) is 2. The molecule has 158 valence electrons. The summed E-state index contributed by atoms with van der Waals surface area (Å²) in [6.07, 6.45) is 1.23. The van der Waals surface area contributed by atoms with Crippen molar-refractivity contribution in [2.45, 2.75) is 50.7 Å². The second kappa shape index (κ2) is 8.43. The molecule has 2 fully saturated rings. The van der Waals surface area contributed by atoms with Crippen LogP contribution >= 0.6 is 23.2 Å². The lowest BCUT2D eigenvalue weighted by Gasteiger charge is -2.36. The predicted molar refractivity (Wildman–Crippen MR) is 117 cm³/mol. The van der Waals surface area contributed by atoms with E-state index in [2.05, 4.69) is 0 Å². The Kier molecular flexibility index (Phi) is 6.04. The summed E-state index contributed by atoms with van der Waals surface area (Å²) in [6.45, 7) is 4.58. The molecule has 4 rings (SSSR count). The molecular formula is C24H24Cl2O4. The average Bonchev–Trinajstić information content (AvgIpc) is 3.14. The van der Waals surface area contributed by atoms with E-state index in [1.165, 1.54) is 0 Å². The summed E-state index contributed by atoms with van der Waals surface area (Å²) in [5.74, 6) is -1.19. The Morgan fingerprint density at radius 1 is 1.13 bits per heavy atom. The van der Waals surface area contributed by atoms with E-state index in [1.54, 1.807) is 12.1 Å². The van der Waals surface area contributed by atoms with Crippen LogP contribution in [-0.4, -0.2) is 36.5 Å². The molecule has 2 saturated heterocycles. The molecule has 4 nitrogen and oxygen atoms in total. The molecule has 0 aliphatic carbocycles. The number of carbonyl (C=O) groups is 2. The van der Waals surface area contributed by atoms with Crippen LogP contribution in [0.1, 0.15) is 43.7 Å². The Morgan fingerprint density at radius 3 is 2.63 bits per heavy atom. The van der Waals surface area contributed by atoms with E-state index >= 15 is 0 Å². The molecule has 6 heteroatoms. The fourth-order valence-electron chi connectivity index (χ4n) is 4.53. The van der Waals surface area contributed by atoms with Crippen LogP contribution in [0.5, 0.6) is 0 Å². The quantitative estimate of drug-likeness (QED) is 0.556. The molecule has 0 amide bonds. The summed E-state index contributed by atoms with van der Waals surface area (Å²) >= 11 is 12.5. The average molecular weight is 447 g/mol. The van der Waals surface area contributed by atoms with E-state index < -0.39 is 17.6 Å². The number of hydrogen-bond donors (Lipinski definition) is 0. The lowest BCUT2D eigenvalue weighted by Crippen LogP contribution is -2.53. The van der Waals surface area contributed by atoms with Gasteiger partial charge in [-0.3, -0.25) is 9.59 Å². The molecule has 2 bridgehead atoms. The van der Waals surface area contributed by atoms with Crippen molar-refractivity contribution in [1.29, 1.82) is 0 Å². The smallest absolute Gasteiger partial charge is 0.181 e. The summed E-state index contributed by atoms with van der Waals surface area (Å²) in [5, 5.41) is 1.08. The zero-order chi connectivity index (χ0) is 21.5. The van der Waals surface area contributed by atoms with Gasteiger partial charge in [-0.05, 0) is 61.1 Å². The second-order valence-corrected chi connectivity index (χ2v) is 8.71. The van der Waals surface area contributed by atoms with Crippen molar-refractivity contribution >= 4 is 34.8 Å². The Morgan fingerprint density at radius 2 is 1.93 bits per heavy atom. The fraction of sp³-hybridized carbons (Fsp3) is 0.417. The lowest BCUT2D eigenvalue weighted by atomic mass is 9.78. The number of ketones is 2. The summed E-state index contributed by atoms with van der Waals surface area (Å²) < 4.78 is 11.5. The lowest BCUT2D eigenvalue weighted by molar-refractivity contribution is -0.170. The Bertz CT molecular complexity index is 1000. The predicted octanol–water partition coefficient (Wildman–Crippen LogP) is 5.41. The maximum absolute atomic E-state index is 13.6. The number of Topliss-reactive ketones (excluding diaryl/α,β-unsaturated/α-hetero) is 2. The van der Waals surface area contributed by atoms with Gasteiger partial charge >= 0.3 is 0 Å². The van der Waals surface area contributed by atoms with E-state index in [0.29, 0.717) is 35.9 Å². The van der Waals surface area contributed by atoms with Gasteiger partial charge in [0.15, 0.2) is 17.2 Å². The molecule has 0 aromatic heterocycles. The van der Waals surface area contributed by atoms with Crippen molar-refractivity contribution in [3.63, 3.8) is 0 Å². The highest BCUT2D eigenvalue weighted by atomic mass is 35.5. The van der Waals surface area contributed by atoms with Gasteiger partial charge in [0.1, 0.15) is 12.0 Å². The first kappa shape index (κ1) is 21.5. The van der Waals surface area contributed by atoms with Gasteiger partial charge in [-0.15, -0.1) is 0 Å². The molecule has 0 radical (unpaired) electrons. The third-order valence-corrected chi connectivity index (χ3v) is 6.66. The van der Waals surface area contributed by atoms with Gasteiger partial charge in [-0.2, -0.15) is 0 Å². The number of hydrogen-bond acceptors (Lipinski definition) is 4. The first-order valence-electron chi connectivity index (χ1n) is 10.3. The summed E-state index contributed by atoms with van der Waals surface area (Å²) in [7, 11) is 0. The first-order chi connectivity index (χ1) is 14.4. The molecule has 0 saturated carbocycles. The van der Waals surface area contributed by atoms with Crippen molar-refractivity contribution in [1.82, 2.24) is 0 Å². The van der Waals surface area contributed by atoms with Crippen molar-refractivity contribution in [3.8, 4) is 11.1 Å². The minimum Gasteiger partial charge on any atom is -0.378 e. The number of fused-ring (bicyclic) bond motifs is 2. The van der Waals surface area contributed by atoms with E-state index in [-0.39, 0.29) is 18.2 Å². The Hall–Kier alpha value is -1.72. The van der Waals surface area contributed by atoms with E-state index in [0.717, 1.165) is 22.3 Å². The molecular weight excluding hydrogens is 423 g/mol.